The molecule has 0 bridgehead atoms. The smallest absolute Gasteiger partial charge is 0.246 e. The van der Waals surface area contributed by atoms with Crippen molar-refractivity contribution in [3.8, 4) is 0 Å². The third-order valence-electron chi connectivity index (χ3n) is 1.43. The molecule has 7 heteroatoms. The normalized spacial score (nSPS) is 10.0. The molecule has 1 heterocycles. The van der Waals surface area contributed by atoms with E-state index in [1.807, 2.05) is 13.8 Å². The maximum absolute atomic E-state index is 5.83. The molecular formula is C7H11Cl2N5. The van der Waals surface area contributed by atoms with Gasteiger partial charge in [0.1, 0.15) is 0 Å². The lowest BCUT2D eigenvalue weighted by Gasteiger charge is -2.11. The summed E-state index contributed by atoms with van der Waals surface area (Å²) in [7, 11) is 0. The summed E-state index contributed by atoms with van der Waals surface area (Å²) in [6.45, 7) is 5.13. The molecule has 0 fully saturated rings. The van der Waals surface area contributed by atoms with E-state index in [9.17, 15) is 0 Å². The number of nitrogens with zero attached hydrogens (tertiary/aromatic N) is 4. The second-order valence-electron chi connectivity index (χ2n) is 2.44. The van der Waals surface area contributed by atoms with E-state index in [-0.39, 0.29) is 5.28 Å². The van der Waals surface area contributed by atoms with Crippen molar-refractivity contribution in [3.63, 3.8) is 0 Å². The third-order valence-corrected chi connectivity index (χ3v) is 1.99. The Balaban J connectivity index is 2.94. The molecular weight excluding hydrogens is 225 g/mol. The summed E-state index contributed by atoms with van der Waals surface area (Å²) in [5.74, 6) is 0.784. The van der Waals surface area contributed by atoms with E-state index in [4.69, 9.17) is 23.4 Å². The van der Waals surface area contributed by atoms with Crippen molar-refractivity contribution >= 4 is 35.3 Å². The van der Waals surface area contributed by atoms with Gasteiger partial charge in [-0.2, -0.15) is 15.0 Å². The minimum Gasteiger partial charge on any atom is -0.354 e. The molecule has 0 amide bonds. The van der Waals surface area contributed by atoms with Gasteiger partial charge in [0.25, 0.3) is 0 Å². The van der Waals surface area contributed by atoms with Crippen molar-refractivity contribution in [1.82, 2.24) is 15.0 Å². The van der Waals surface area contributed by atoms with Gasteiger partial charge in [0, 0.05) is 24.9 Å². The van der Waals surface area contributed by atoms with Crippen LogP contribution in [0.4, 0.5) is 11.9 Å². The van der Waals surface area contributed by atoms with Crippen LogP contribution in [0.15, 0.2) is 0 Å². The summed E-state index contributed by atoms with van der Waals surface area (Å²) in [5, 5.41) is 3.07. The molecule has 5 nitrogen and oxygen atoms in total. The molecule has 0 aliphatic carbocycles. The fourth-order valence-corrected chi connectivity index (χ4v) is 1.06. The standard InChI is InChI=1S/C7H11Cl2N5/c1-3-10-6-11-5(8)12-7(13-6)14(9)4-2/h3-4H2,1-2H3,(H,10,11,12,13). The number of hydrogen-bond acceptors (Lipinski definition) is 5. The first-order valence-electron chi connectivity index (χ1n) is 4.26. The zero-order valence-electron chi connectivity index (χ0n) is 7.96. The Morgan fingerprint density at radius 1 is 1.29 bits per heavy atom. The highest BCUT2D eigenvalue weighted by molar-refractivity contribution is 6.29. The molecule has 0 aliphatic heterocycles. The third kappa shape index (κ3) is 2.85. The molecule has 0 radical (unpaired) electrons. The molecule has 1 rings (SSSR count). The largest absolute Gasteiger partial charge is 0.354 e. The van der Waals surface area contributed by atoms with Crippen LogP contribution in [0.25, 0.3) is 0 Å². The SMILES string of the molecule is CCNc1nc(Cl)nc(N(Cl)CC)n1. The fraction of sp³-hybridized carbons (Fsp3) is 0.571. The first-order valence-corrected chi connectivity index (χ1v) is 4.97. The van der Waals surface area contributed by atoms with E-state index in [1.165, 1.54) is 4.42 Å². The van der Waals surface area contributed by atoms with E-state index >= 15 is 0 Å². The summed E-state index contributed by atoms with van der Waals surface area (Å²) >= 11 is 11.5. The second kappa shape index (κ2) is 5.17. The Labute approximate surface area is 92.6 Å². The van der Waals surface area contributed by atoms with Crippen LogP contribution < -0.4 is 9.74 Å². The molecule has 0 saturated heterocycles. The first-order chi connectivity index (χ1) is 6.67. The Kier molecular flexibility index (Phi) is 4.16. The molecule has 1 aromatic rings. The van der Waals surface area contributed by atoms with Crippen LogP contribution >= 0.6 is 23.4 Å². The number of halogens is 2. The number of nitrogens with one attached hydrogen (secondary N) is 1. The highest BCUT2D eigenvalue weighted by atomic mass is 35.5. The quantitative estimate of drug-likeness (QED) is 0.809. The summed E-state index contributed by atoms with van der Waals surface area (Å²) in [5.41, 5.74) is 0. The Morgan fingerprint density at radius 3 is 2.57 bits per heavy atom. The molecule has 14 heavy (non-hydrogen) atoms. The van der Waals surface area contributed by atoms with Gasteiger partial charge < -0.3 is 5.32 Å². The van der Waals surface area contributed by atoms with E-state index in [2.05, 4.69) is 20.3 Å². The van der Waals surface area contributed by atoms with E-state index in [0.29, 0.717) is 25.0 Å². The van der Waals surface area contributed by atoms with Crippen LogP contribution in [0, 0.1) is 0 Å². The predicted molar refractivity (Wildman–Crippen MR) is 57.9 cm³/mol. The zero-order valence-corrected chi connectivity index (χ0v) is 9.47. The van der Waals surface area contributed by atoms with Crippen LogP contribution in [0.1, 0.15) is 13.8 Å². The number of rotatable bonds is 4. The van der Waals surface area contributed by atoms with E-state index < -0.39 is 0 Å². The molecule has 0 spiro atoms. The minimum atomic E-state index is 0.130. The lowest BCUT2D eigenvalue weighted by molar-refractivity contribution is 0.956. The van der Waals surface area contributed by atoms with Crippen LogP contribution in [-0.2, 0) is 0 Å². The van der Waals surface area contributed by atoms with Gasteiger partial charge >= 0.3 is 0 Å². The molecule has 0 atom stereocenters. The van der Waals surface area contributed by atoms with Crippen LogP contribution in [0.5, 0.6) is 0 Å². The van der Waals surface area contributed by atoms with Crippen LogP contribution in [0.2, 0.25) is 5.28 Å². The van der Waals surface area contributed by atoms with Gasteiger partial charge in [0.2, 0.25) is 17.2 Å². The predicted octanol–water partition coefficient (Wildman–Crippen LogP) is 1.94. The average molecular weight is 236 g/mol. The molecule has 0 aromatic carbocycles. The Morgan fingerprint density at radius 2 is 2.00 bits per heavy atom. The number of anilines is 2. The number of hydrogen-bond donors (Lipinski definition) is 1. The van der Waals surface area contributed by atoms with Crippen molar-refractivity contribution in [3.05, 3.63) is 5.28 Å². The van der Waals surface area contributed by atoms with Gasteiger partial charge in [-0.1, -0.05) is 0 Å². The molecule has 1 N–H and O–H groups in total. The van der Waals surface area contributed by atoms with Crippen molar-refractivity contribution < 1.29 is 0 Å². The van der Waals surface area contributed by atoms with Crippen molar-refractivity contribution in [1.29, 1.82) is 0 Å². The fourth-order valence-electron chi connectivity index (χ4n) is 0.827. The maximum Gasteiger partial charge on any atom is 0.246 e. The first kappa shape index (κ1) is 11.3. The van der Waals surface area contributed by atoms with E-state index in [0.717, 1.165) is 0 Å². The van der Waals surface area contributed by atoms with Gasteiger partial charge in [0.05, 0.1) is 0 Å². The number of aromatic nitrogens is 3. The van der Waals surface area contributed by atoms with E-state index in [1.54, 1.807) is 0 Å². The molecule has 0 unspecified atom stereocenters. The monoisotopic (exact) mass is 235 g/mol. The summed E-state index contributed by atoms with van der Waals surface area (Å²) in [4.78, 5) is 11.8. The van der Waals surface area contributed by atoms with Gasteiger partial charge in [-0.25, -0.2) is 0 Å². The summed E-state index contributed by atoms with van der Waals surface area (Å²) in [6.07, 6.45) is 0. The topological polar surface area (TPSA) is 53.9 Å². The molecule has 0 aliphatic rings. The van der Waals surface area contributed by atoms with Crippen LogP contribution in [0.3, 0.4) is 0 Å². The molecule has 78 valence electrons. The van der Waals surface area contributed by atoms with Crippen molar-refractivity contribution in [2.45, 2.75) is 13.8 Å². The molecule has 0 saturated carbocycles. The maximum atomic E-state index is 5.83. The van der Waals surface area contributed by atoms with Crippen LogP contribution in [-0.4, -0.2) is 28.0 Å². The average Bonchev–Trinajstić information content (AvgIpc) is 2.16. The lowest BCUT2D eigenvalue weighted by Crippen LogP contribution is -2.14. The molecule has 1 aromatic heterocycles. The Hall–Kier alpha value is -0.810. The summed E-state index contributed by atoms with van der Waals surface area (Å²) in [6, 6.07) is 0. The lowest BCUT2D eigenvalue weighted by atomic mass is 10.7. The van der Waals surface area contributed by atoms with Gasteiger partial charge in [-0.3, -0.25) is 4.42 Å². The highest BCUT2D eigenvalue weighted by Crippen LogP contribution is 2.14. The van der Waals surface area contributed by atoms with Crippen molar-refractivity contribution in [2.75, 3.05) is 22.8 Å². The zero-order chi connectivity index (χ0) is 10.6. The second-order valence-corrected chi connectivity index (χ2v) is 3.18. The minimum absolute atomic E-state index is 0.130. The highest BCUT2D eigenvalue weighted by Gasteiger charge is 2.08. The Bertz CT molecular complexity index is 306. The van der Waals surface area contributed by atoms with Crippen molar-refractivity contribution in [2.24, 2.45) is 0 Å². The van der Waals surface area contributed by atoms with Gasteiger partial charge in [-0.15, -0.1) is 0 Å². The van der Waals surface area contributed by atoms with Gasteiger partial charge in [-0.05, 0) is 25.4 Å². The van der Waals surface area contributed by atoms with Gasteiger partial charge in [0.15, 0.2) is 0 Å². The summed E-state index contributed by atoms with van der Waals surface area (Å²) < 4.78 is 1.37.